The number of pyridine rings is 1. The van der Waals surface area contributed by atoms with Gasteiger partial charge >= 0.3 is 0 Å². The molecule has 0 aliphatic carbocycles. The summed E-state index contributed by atoms with van der Waals surface area (Å²) in [5.74, 6) is 0.909. The summed E-state index contributed by atoms with van der Waals surface area (Å²) < 4.78 is 5.47. The van der Waals surface area contributed by atoms with Crippen molar-refractivity contribution >= 4 is 35.9 Å². The zero-order valence-corrected chi connectivity index (χ0v) is 9.11. The van der Waals surface area contributed by atoms with Gasteiger partial charge in [-0.3, -0.25) is 4.98 Å². The van der Waals surface area contributed by atoms with Crippen LogP contribution in [0, 0.1) is 0 Å². The Kier molecular flexibility index (Phi) is 5.53. The van der Waals surface area contributed by atoms with E-state index in [0.29, 0.717) is 6.54 Å². The molecule has 0 atom stereocenters. The van der Waals surface area contributed by atoms with E-state index in [1.54, 1.807) is 6.20 Å². The van der Waals surface area contributed by atoms with Crippen LogP contribution >= 0.6 is 24.8 Å². The molecule has 2 aromatic rings. The Hall–Kier alpha value is -0.770. The van der Waals surface area contributed by atoms with Gasteiger partial charge in [-0.1, -0.05) is 0 Å². The van der Waals surface area contributed by atoms with E-state index in [0.717, 1.165) is 23.3 Å². The van der Waals surface area contributed by atoms with Crippen LogP contribution in [-0.4, -0.2) is 11.5 Å². The lowest BCUT2D eigenvalue weighted by atomic mass is 10.3. The molecule has 0 unspecified atom stereocenters. The summed E-state index contributed by atoms with van der Waals surface area (Å²) in [6.07, 6.45) is 2.53. The highest BCUT2D eigenvalue weighted by molar-refractivity contribution is 5.85. The minimum absolute atomic E-state index is 0. The van der Waals surface area contributed by atoms with Crippen LogP contribution in [0.5, 0.6) is 0 Å². The van der Waals surface area contributed by atoms with Crippen molar-refractivity contribution in [3.63, 3.8) is 0 Å². The molecule has 0 aromatic carbocycles. The average Bonchev–Trinajstić information content (AvgIpc) is 2.47. The second-order valence-corrected chi connectivity index (χ2v) is 2.64. The molecule has 0 saturated carbocycles. The number of furan rings is 1. The molecule has 2 N–H and O–H groups in total. The van der Waals surface area contributed by atoms with Gasteiger partial charge in [0.2, 0.25) is 0 Å². The van der Waals surface area contributed by atoms with Crippen molar-refractivity contribution in [3.8, 4) is 0 Å². The first-order valence-corrected chi connectivity index (χ1v) is 3.93. The first kappa shape index (κ1) is 13.2. The molecule has 0 aliphatic rings. The largest absolute Gasteiger partial charge is 0.459 e. The molecule has 78 valence electrons. The van der Waals surface area contributed by atoms with E-state index in [1.807, 2.05) is 18.2 Å². The molecule has 0 aliphatic heterocycles. The quantitative estimate of drug-likeness (QED) is 0.867. The number of nitrogens with two attached hydrogens (primary N) is 1. The fraction of sp³-hybridized carbons (Fsp3) is 0.222. The predicted octanol–water partition coefficient (Wildman–Crippen LogP) is 2.17. The molecule has 2 rings (SSSR count). The maximum atomic E-state index is 5.47. The molecule has 5 heteroatoms. The zero-order valence-electron chi connectivity index (χ0n) is 7.47. The third kappa shape index (κ3) is 2.61. The Labute approximate surface area is 94.5 Å². The summed E-state index contributed by atoms with van der Waals surface area (Å²) in [4.78, 5) is 4.15. The van der Waals surface area contributed by atoms with Crippen molar-refractivity contribution in [2.45, 2.75) is 6.42 Å². The van der Waals surface area contributed by atoms with Crippen molar-refractivity contribution in [2.75, 3.05) is 6.54 Å². The maximum absolute atomic E-state index is 5.47. The van der Waals surface area contributed by atoms with E-state index < -0.39 is 0 Å². The maximum Gasteiger partial charge on any atom is 0.152 e. The van der Waals surface area contributed by atoms with Gasteiger partial charge in [0, 0.05) is 18.7 Å². The second-order valence-electron chi connectivity index (χ2n) is 2.64. The fourth-order valence-corrected chi connectivity index (χ4v) is 1.19. The third-order valence-electron chi connectivity index (χ3n) is 1.73. The van der Waals surface area contributed by atoms with Crippen LogP contribution < -0.4 is 5.73 Å². The van der Waals surface area contributed by atoms with E-state index in [9.17, 15) is 0 Å². The van der Waals surface area contributed by atoms with E-state index in [4.69, 9.17) is 10.2 Å². The molecule has 0 bridgehead atoms. The summed E-state index contributed by atoms with van der Waals surface area (Å²) in [6.45, 7) is 0.611. The lowest BCUT2D eigenvalue weighted by Crippen LogP contribution is -2.01. The van der Waals surface area contributed by atoms with Crippen LogP contribution in [0.1, 0.15) is 5.76 Å². The predicted molar refractivity (Wildman–Crippen MR) is 61.3 cm³/mol. The van der Waals surface area contributed by atoms with Gasteiger partial charge in [0.1, 0.15) is 11.3 Å². The van der Waals surface area contributed by atoms with Crippen LogP contribution in [0.4, 0.5) is 0 Å². The molecular formula is C9H12Cl2N2O. The van der Waals surface area contributed by atoms with Crippen LogP contribution in [0.15, 0.2) is 28.8 Å². The summed E-state index contributed by atoms with van der Waals surface area (Å²) >= 11 is 0. The Balaban J connectivity index is 0.000000845. The standard InChI is InChI=1S/C9H10N2O.2ClH/c10-4-3-7-6-8-9(12-7)2-1-5-11-8;;/h1-2,5-6H,3-4,10H2;2*1H. The van der Waals surface area contributed by atoms with Gasteiger partial charge < -0.3 is 10.2 Å². The lowest BCUT2D eigenvalue weighted by molar-refractivity contribution is 0.550. The highest BCUT2D eigenvalue weighted by Gasteiger charge is 2.01. The molecule has 0 amide bonds. The average molecular weight is 235 g/mol. The van der Waals surface area contributed by atoms with Crippen molar-refractivity contribution in [3.05, 3.63) is 30.2 Å². The van der Waals surface area contributed by atoms with Gasteiger partial charge in [-0.25, -0.2) is 0 Å². The molecule has 0 saturated heterocycles. The Bertz CT molecular complexity index is 356. The number of halogens is 2. The summed E-state index contributed by atoms with van der Waals surface area (Å²) in [6, 6.07) is 5.70. The first-order valence-electron chi connectivity index (χ1n) is 3.93. The van der Waals surface area contributed by atoms with Crippen LogP contribution in [0.2, 0.25) is 0 Å². The van der Waals surface area contributed by atoms with Crippen LogP contribution in [0.3, 0.4) is 0 Å². The van der Waals surface area contributed by atoms with E-state index in [1.165, 1.54) is 0 Å². The minimum Gasteiger partial charge on any atom is -0.459 e. The topological polar surface area (TPSA) is 52.0 Å². The number of aromatic nitrogens is 1. The molecular weight excluding hydrogens is 223 g/mol. The Morgan fingerprint density at radius 3 is 2.79 bits per heavy atom. The van der Waals surface area contributed by atoms with Crippen molar-refractivity contribution in [1.82, 2.24) is 4.98 Å². The molecule has 0 fully saturated rings. The van der Waals surface area contributed by atoms with Crippen LogP contribution in [-0.2, 0) is 6.42 Å². The third-order valence-corrected chi connectivity index (χ3v) is 1.73. The minimum atomic E-state index is 0. The lowest BCUT2D eigenvalue weighted by Gasteiger charge is -1.87. The number of rotatable bonds is 2. The highest BCUT2D eigenvalue weighted by atomic mass is 35.5. The number of hydrogen-bond donors (Lipinski definition) is 1. The van der Waals surface area contributed by atoms with E-state index in [2.05, 4.69) is 4.98 Å². The fourth-order valence-electron chi connectivity index (χ4n) is 1.19. The SMILES string of the molecule is Cl.Cl.NCCc1cc2ncccc2o1. The Morgan fingerprint density at radius 2 is 2.14 bits per heavy atom. The van der Waals surface area contributed by atoms with E-state index >= 15 is 0 Å². The molecule has 14 heavy (non-hydrogen) atoms. The van der Waals surface area contributed by atoms with Gasteiger partial charge in [-0.05, 0) is 18.7 Å². The van der Waals surface area contributed by atoms with Crippen molar-refractivity contribution in [2.24, 2.45) is 5.73 Å². The molecule has 0 spiro atoms. The summed E-state index contributed by atoms with van der Waals surface area (Å²) in [7, 11) is 0. The normalized spacial score (nSPS) is 9.21. The first-order chi connectivity index (χ1) is 5.90. The molecule has 3 nitrogen and oxygen atoms in total. The molecule has 0 radical (unpaired) electrons. The molecule has 2 aromatic heterocycles. The van der Waals surface area contributed by atoms with Gasteiger partial charge in [-0.2, -0.15) is 0 Å². The van der Waals surface area contributed by atoms with Crippen molar-refractivity contribution < 1.29 is 4.42 Å². The van der Waals surface area contributed by atoms with E-state index in [-0.39, 0.29) is 24.8 Å². The van der Waals surface area contributed by atoms with Gasteiger partial charge in [0.15, 0.2) is 5.58 Å². The van der Waals surface area contributed by atoms with Gasteiger partial charge in [0.25, 0.3) is 0 Å². The van der Waals surface area contributed by atoms with Crippen LogP contribution in [0.25, 0.3) is 11.1 Å². The number of hydrogen-bond acceptors (Lipinski definition) is 3. The van der Waals surface area contributed by atoms with Gasteiger partial charge in [0.05, 0.1) is 0 Å². The smallest absolute Gasteiger partial charge is 0.152 e. The summed E-state index contributed by atoms with van der Waals surface area (Å²) in [5, 5.41) is 0. The van der Waals surface area contributed by atoms with Crippen molar-refractivity contribution in [1.29, 1.82) is 0 Å². The Morgan fingerprint density at radius 1 is 1.36 bits per heavy atom. The monoisotopic (exact) mass is 234 g/mol. The summed E-state index contributed by atoms with van der Waals surface area (Å²) in [5.41, 5.74) is 7.14. The molecule has 2 heterocycles. The number of fused-ring (bicyclic) bond motifs is 1. The zero-order chi connectivity index (χ0) is 8.39. The highest BCUT2D eigenvalue weighted by Crippen LogP contribution is 2.16. The van der Waals surface area contributed by atoms with Gasteiger partial charge in [-0.15, -0.1) is 24.8 Å². The second kappa shape index (κ2) is 5.86. The number of nitrogens with zero attached hydrogens (tertiary/aromatic N) is 1.